The molecule has 0 radical (unpaired) electrons. The summed E-state index contributed by atoms with van der Waals surface area (Å²) in [5.41, 5.74) is 2.36. The topological polar surface area (TPSA) is 77.8 Å². The maximum atomic E-state index is 14.2. The number of aromatic nitrogens is 1. The number of nitriles is 1. The quantitative estimate of drug-likeness (QED) is 0.630. The van der Waals surface area contributed by atoms with E-state index in [4.69, 9.17) is 0 Å². The molecule has 0 saturated carbocycles. The second-order valence-electron chi connectivity index (χ2n) is 7.17. The SMILES string of the molecule is CC(C)(C#N)c1ccc(NC(=O)c2cc(NCc3ccncc3)ccc2F)cc1. The lowest BCUT2D eigenvalue weighted by Crippen LogP contribution is -2.16. The molecule has 0 bridgehead atoms. The smallest absolute Gasteiger partial charge is 0.258 e. The largest absolute Gasteiger partial charge is 0.381 e. The minimum Gasteiger partial charge on any atom is -0.381 e. The molecule has 3 rings (SSSR count). The number of anilines is 2. The summed E-state index contributed by atoms with van der Waals surface area (Å²) in [4.78, 5) is 16.5. The Kier molecular flexibility index (Phi) is 5.89. The number of pyridine rings is 1. The third kappa shape index (κ3) is 4.96. The highest BCUT2D eigenvalue weighted by atomic mass is 19.1. The predicted octanol–water partition coefficient (Wildman–Crippen LogP) is 4.89. The molecule has 2 N–H and O–H groups in total. The molecule has 5 nitrogen and oxygen atoms in total. The Labute approximate surface area is 169 Å². The van der Waals surface area contributed by atoms with Crippen molar-refractivity contribution in [2.75, 3.05) is 10.6 Å². The summed E-state index contributed by atoms with van der Waals surface area (Å²) in [5, 5.41) is 15.1. The van der Waals surface area contributed by atoms with E-state index in [-0.39, 0.29) is 5.56 Å². The van der Waals surface area contributed by atoms with Gasteiger partial charge in [0.1, 0.15) is 5.82 Å². The van der Waals surface area contributed by atoms with E-state index in [1.54, 1.807) is 42.7 Å². The second-order valence-corrected chi connectivity index (χ2v) is 7.17. The normalized spacial score (nSPS) is 10.8. The number of nitrogens with one attached hydrogen (secondary N) is 2. The van der Waals surface area contributed by atoms with Crippen LogP contribution in [0.1, 0.15) is 35.3 Å². The number of nitrogens with zero attached hydrogens (tertiary/aromatic N) is 2. The standard InChI is InChI=1S/C23H21FN4O/c1-23(2,15-25)17-3-5-18(6-4-17)28-22(29)20-13-19(7-8-21(20)24)27-14-16-9-11-26-12-10-16/h3-13,27H,14H2,1-2H3,(H,28,29). The number of rotatable bonds is 6. The predicted molar refractivity (Wildman–Crippen MR) is 111 cm³/mol. The van der Waals surface area contributed by atoms with E-state index in [9.17, 15) is 14.4 Å². The number of benzene rings is 2. The third-order valence-corrected chi connectivity index (χ3v) is 4.60. The molecule has 0 unspecified atom stereocenters. The Hall–Kier alpha value is -3.72. The van der Waals surface area contributed by atoms with E-state index in [2.05, 4.69) is 21.7 Å². The van der Waals surface area contributed by atoms with Gasteiger partial charge in [0.25, 0.3) is 5.91 Å². The van der Waals surface area contributed by atoms with Gasteiger partial charge in [-0.25, -0.2) is 4.39 Å². The molecule has 0 spiro atoms. The van der Waals surface area contributed by atoms with Crippen molar-refractivity contribution >= 4 is 17.3 Å². The number of amides is 1. The fourth-order valence-corrected chi connectivity index (χ4v) is 2.75. The Morgan fingerprint density at radius 1 is 1.07 bits per heavy atom. The van der Waals surface area contributed by atoms with E-state index in [1.807, 2.05) is 26.0 Å². The lowest BCUT2D eigenvalue weighted by Gasteiger charge is -2.16. The summed E-state index contributed by atoms with van der Waals surface area (Å²) in [5.74, 6) is -1.14. The van der Waals surface area contributed by atoms with Crippen LogP contribution in [-0.2, 0) is 12.0 Å². The Morgan fingerprint density at radius 2 is 1.72 bits per heavy atom. The molecule has 0 aliphatic carbocycles. The van der Waals surface area contributed by atoms with Gasteiger partial charge in [-0.15, -0.1) is 0 Å². The molecular weight excluding hydrogens is 367 g/mol. The summed E-state index contributed by atoms with van der Waals surface area (Å²) in [6, 6.07) is 17.3. The molecule has 0 fully saturated rings. The monoisotopic (exact) mass is 388 g/mol. The lowest BCUT2D eigenvalue weighted by atomic mass is 9.86. The zero-order valence-corrected chi connectivity index (χ0v) is 16.2. The van der Waals surface area contributed by atoms with Gasteiger partial charge >= 0.3 is 0 Å². The van der Waals surface area contributed by atoms with Gasteiger partial charge in [-0.1, -0.05) is 12.1 Å². The molecule has 0 atom stereocenters. The van der Waals surface area contributed by atoms with Crippen molar-refractivity contribution in [1.29, 1.82) is 5.26 Å². The zero-order chi connectivity index (χ0) is 20.9. The van der Waals surface area contributed by atoms with Gasteiger partial charge in [-0.3, -0.25) is 9.78 Å². The number of halogens is 1. The molecule has 29 heavy (non-hydrogen) atoms. The van der Waals surface area contributed by atoms with Crippen LogP contribution in [-0.4, -0.2) is 10.9 Å². The first-order valence-corrected chi connectivity index (χ1v) is 9.14. The molecule has 2 aromatic carbocycles. The van der Waals surface area contributed by atoms with Crippen LogP contribution in [0.15, 0.2) is 67.0 Å². The fourth-order valence-electron chi connectivity index (χ4n) is 2.75. The van der Waals surface area contributed by atoms with Crippen molar-refractivity contribution in [3.8, 4) is 6.07 Å². The summed E-state index contributed by atoms with van der Waals surface area (Å²) >= 11 is 0. The third-order valence-electron chi connectivity index (χ3n) is 4.60. The number of carbonyl (C=O) groups excluding carboxylic acids is 1. The van der Waals surface area contributed by atoms with Gasteiger partial charge in [-0.05, 0) is 67.4 Å². The van der Waals surface area contributed by atoms with Crippen LogP contribution >= 0.6 is 0 Å². The van der Waals surface area contributed by atoms with E-state index >= 15 is 0 Å². The van der Waals surface area contributed by atoms with Crippen molar-refractivity contribution in [1.82, 2.24) is 4.98 Å². The molecular formula is C23H21FN4O. The molecule has 0 saturated heterocycles. The maximum Gasteiger partial charge on any atom is 0.258 e. The minimum atomic E-state index is -0.622. The highest BCUT2D eigenvalue weighted by Gasteiger charge is 2.19. The van der Waals surface area contributed by atoms with E-state index < -0.39 is 17.1 Å². The average molecular weight is 388 g/mol. The first-order valence-electron chi connectivity index (χ1n) is 9.14. The van der Waals surface area contributed by atoms with Crippen molar-refractivity contribution in [2.24, 2.45) is 0 Å². The number of carbonyl (C=O) groups is 1. The van der Waals surface area contributed by atoms with Crippen LogP contribution < -0.4 is 10.6 Å². The van der Waals surface area contributed by atoms with E-state index in [0.29, 0.717) is 17.9 Å². The Morgan fingerprint density at radius 3 is 2.38 bits per heavy atom. The summed E-state index contributed by atoms with van der Waals surface area (Å²) < 4.78 is 14.2. The molecule has 1 amide bonds. The van der Waals surface area contributed by atoms with Crippen LogP contribution in [0.25, 0.3) is 0 Å². The molecule has 146 valence electrons. The van der Waals surface area contributed by atoms with Gasteiger partial charge in [0.2, 0.25) is 0 Å². The molecule has 0 aliphatic heterocycles. The molecule has 6 heteroatoms. The average Bonchev–Trinajstić information content (AvgIpc) is 2.74. The van der Waals surface area contributed by atoms with Gasteiger partial charge in [0.15, 0.2) is 0 Å². The first-order chi connectivity index (χ1) is 13.9. The van der Waals surface area contributed by atoms with Gasteiger partial charge in [0.05, 0.1) is 17.0 Å². The maximum absolute atomic E-state index is 14.2. The fraction of sp³-hybridized carbons (Fsp3) is 0.174. The van der Waals surface area contributed by atoms with Crippen molar-refractivity contribution < 1.29 is 9.18 Å². The summed E-state index contributed by atoms with van der Waals surface area (Å²) in [6.45, 7) is 4.17. The van der Waals surface area contributed by atoms with Gasteiger partial charge in [0, 0.05) is 30.3 Å². The van der Waals surface area contributed by atoms with Gasteiger partial charge in [-0.2, -0.15) is 5.26 Å². The Bertz CT molecular complexity index is 1040. The molecule has 1 heterocycles. The summed E-state index contributed by atoms with van der Waals surface area (Å²) in [6.07, 6.45) is 3.40. The van der Waals surface area contributed by atoms with Gasteiger partial charge < -0.3 is 10.6 Å². The van der Waals surface area contributed by atoms with Crippen LogP contribution in [0.2, 0.25) is 0 Å². The number of hydrogen-bond acceptors (Lipinski definition) is 4. The highest BCUT2D eigenvalue weighted by Crippen LogP contribution is 2.24. The van der Waals surface area contributed by atoms with Crippen molar-refractivity contribution in [2.45, 2.75) is 25.8 Å². The molecule has 1 aromatic heterocycles. The van der Waals surface area contributed by atoms with Crippen LogP contribution in [0.5, 0.6) is 0 Å². The Balaban J connectivity index is 1.71. The van der Waals surface area contributed by atoms with Crippen LogP contribution in [0, 0.1) is 17.1 Å². The lowest BCUT2D eigenvalue weighted by molar-refractivity contribution is 0.102. The van der Waals surface area contributed by atoms with E-state index in [1.165, 1.54) is 12.1 Å². The highest BCUT2D eigenvalue weighted by molar-refractivity contribution is 6.05. The zero-order valence-electron chi connectivity index (χ0n) is 16.2. The minimum absolute atomic E-state index is 0.0499. The van der Waals surface area contributed by atoms with Crippen LogP contribution in [0.3, 0.4) is 0 Å². The molecule has 3 aromatic rings. The number of hydrogen-bond donors (Lipinski definition) is 2. The van der Waals surface area contributed by atoms with Crippen molar-refractivity contribution in [3.05, 3.63) is 89.5 Å². The molecule has 0 aliphatic rings. The van der Waals surface area contributed by atoms with Crippen molar-refractivity contribution in [3.63, 3.8) is 0 Å². The van der Waals surface area contributed by atoms with Crippen LogP contribution in [0.4, 0.5) is 15.8 Å². The van der Waals surface area contributed by atoms with E-state index in [0.717, 1.165) is 11.1 Å². The second kappa shape index (κ2) is 8.53. The summed E-state index contributed by atoms with van der Waals surface area (Å²) in [7, 11) is 0. The first kappa shape index (κ1) is 20.0.